The molecule has 2 aromatic rings. The van der Waals surface area contributed by atoms with E-state index in [1.807, 2.05) is 22.6 Å². The SMILES string of the molecule is O=C(Nc1ccc(Cl)cn1)c1ccc(I)c(O)c1. The van der Waals surface area contributed by atoms with E-state index in [0.717, 1.165) is 0 Å². The van der Waals surface area contributed by atoms with Crippen molar-refractivity contribution in [1.82, 2.24) is 4.98 Å². The molecule has 92 valence electrons. The van der Waals surface area contributed by atoms with E-state index >= 15 is 0 Å². The van der Waals surface area contributed by atoms with Crippen molar-refractivity contribution in [3.05, 3.63) is 50.7 Å². The smallest absolute Gasteiger partial charge is 0.256 e. The van der Waals surface area contributed by atoms with Gasteiger partial charge in [0.05, 0.1) is 8.59 Å². The molecule has 4 nitrogen and oxygen atoms in total. The third-order valence-corrected chi connectivity index (χ3v) is 3.31. The van der Waals surface area contributed by atoms with E-state index in [1.54, 1.807) is 24.3 Å². The molecule has 1 aromatic carbocycles. The molecular formula is C12H8ClIN2O2. The zero-order chi connectivity index (χ0) is 13.1. The first-order valence-corrected chi connectivity index (χ1v) is 6.43. The summed E-state index contributed by atoms with van der Waals surface area (Å²) in [6, 6.07) is 7.95. The van der Waals surface area contributed by atoms with Gasteiger partial charge in [-0.15, -0.1) is 0 Å². The van der Waals surface area contributed by atoms with Crippen LogP contribution in [0.2, 0.25) is 5.02 Å². The van der Waals surface area contributed by atoms with Crippen molar-refractivity contribution in [3.8, 4) is 5.75 Å². The molecule has 0 unspecified atom stereocenters. The maximum Gasteiger partial charge on any atom is 0.256 e. The molecule has 1 aromatic heterocycles. The molecule has 0 saturated carbocycles. The lowest BCUT2D eigenvalue weighted by molar-refractivity contribution is 0.102. The van der Waals surface area contributed by atoms with Gasteiger partial charge in [0.1, 0.15) is 11.6 Å². The van der Waals surface area contributed by atoms with Gasteiger partial charge in [-0.2, -0.15) is 0 Å². The topological polar surface area (TPSA) is 62.2 Å². The molecule has 0 aliphatic heterocycles. The van der Waals surface area contributed by atoms with Crippen LogP contribution in [0.3, 0.4) is 0 Å². The Bertz CT molecular complexity index is 587. The number of anilines is 1. The number of hydrogen-bond acceptors (Lipinski definition) is 3. The number of benzene rings is 1. The van der Waals surface area contributed by atoms with Crippen LogP contribution < -0.4 is 5.32 Å². The Morgan fingerprint density at radius 2 is 2.11 bits per heavy atom. The molecule has 0 spiro atoms. The van der Waals surface area contributed by atoms with Crippen LogP contribution in [0.5, 0.6) is 5.75 Å². The molecule has 1 heterocycles. The highest BCUT2D eigenvalue weighted by molar-refractivity contribution is 14.1. The molecule has 0 fully saturated rings. The second-order valence-corrected chi connectivity index (χ2v) is 5.08. The molecule has 0 aliphatic rings. The summed E-state index contributed by atoms with van der Waals surface area (Å²) in [6.07, 6.45) is 1.45. The summed E-state index contributed by atoms with van der Waals surface area (Å²) in [5.74, 6) is 0.145. The number of aromatic hydroxyl groups is 1. The van der Waals surface area contributed by atoms with Crippen molar-refractivity contribution in [2.75, 3.05) is 5.32 Å². The highest BCUT2D eigenvalue weighted by Crippen LogP contribution is 2.21. The van der Waals surface area contributed by atoms with Crippen molar-refractivity contribution in [3.63, 3.8) is 0 Å². The van der Waals surface area contributed by atoms with Gasteiger partial charge in [0.25, 0.3) is 5.91 Å². The molecule has 1 amide bonds. The first-order valence-electron chi connectivity index (χ1n) is 4.97. The van der Waals surface area contributed by atoms with Gasteiger partial charge in [-0.05, 0) is 52.9 Å². The molecule has 0 saturated heterocycles. The largest absolute Gasteiger partial charge is 0.507 e. The standard InChI is InChI=1S/C12H8ClIN2O2/c13-8-2-4-11(15-6-8)16-12(18)7-1-3-9(14)10(17)5-7/h1-6,17H,(H,15,16,18). The molecule has 0 bridgehead atoms. The van der Waals surface area contributed by atoms with Gasteiger partial charge in [0.2, 0.25) is 0 Å². The van der Waals surface area contributed by atoms with Gasteiger partial charge in [-0.25, -0.2) is 4.98 Å². The summed E-state index contributed by atoms with van der Waals surface area (Å²) in [4.78, 5) is 15.8. The maximum atomic E-state index is 11.9. The number of nitrogens with one attached hydrogen (secondary N) is 1. The van der Waals surface area contributed by atoms with Crippen molar-refractivity contribution in [2.24, 2.45) is 0 Å². The lowest BCUT2D eigenvalue weighted by Gasteiger charge is -2.05. The molecule has 0 atom stereocenters. The third kappa shape index (κ3) is 3.11. The van der Waals surface area contributed by atoms with Gasteiger partial charge in [0, 0.05) is 11.8 Å². The van der Waals surface area contributed by atoms with Crippen molar-refractivity contribution < 1.29 is 9.90 Å². The maximum absolute atomic E-state index is 11.9. The summed E-state index contributed by atoms with van der Waals surface area (Å²) in [5.41, 5.74) is 0.365. The fourth-order valence-electron chi connectivity index (χ4n) is 1.29. The first kappa shape index (κ1) is 13.1. The van der Waals surface area contributed by atoms with Crippen LogP contribution in [-0.4, -0.2) is 16.0 Å². The van der Waals surface area contributed by atoms with E-state index in [1.165, 1.54) is 12.3 Å². The van der Waals surface area contributed by atoms with E-state index in [2.05, 4.69) is 10.3 Å². The summed E-state index contributed by atoms with van der Waals surface area (Å²) in [6.45, 7) is 0. The highest BCUT2D eigenvalue weighted by atomic mass is 127. The number of nitrogens with zero attached hydrogens (tertiary/aromatic N) is 1. The van der Waals surface area contributed by atoms with Crippen LogP contribution in [0.1, 0.15) is 10.4 Å². The lowest BCUT2D eigenvalue weighted by Crippen LogP contribution is -2.12. The molecule has 18 heavy (non-hydrogen) atoms. The van der Waals surface area contributed by atoms with Crippen molar-refractivity contribution >= 4 is 45.9 Å². The number of pyridine rings is 1. The minimum absolute atomic E-state index is 0.0762. The van der Waals surface area contributed by atoms with Crippen molar-refractivity contribution in [2.45, 2.75) is 0 Å². The monoisotopic (exact) mass is 374 g/mol. The Kier molecular flexibility index (Phi) is 4.03. The van der Waals surface area contributed by atoms with E-state index in [9.17, 15) is 9.90 Å². The van der Waals surface area contributed by atoms with Crippen LogP contribution in [-0.2, 0) is 0 Å². The first-order chi connectivity index (χ1) is 8.56. The van der Waals surface area contributed by atoms with Crippen LogP contribution in [0, 0.1) is 3.57 Å². The lowest BCUT2D eigenvalue weighted by atomic mass is 10.2. The summed E-state index contributed by atoms with van der Waals surface area (Å²) >= 11 is 7.68. The molecule has 0 radical (unpaired) electrons. The summed E-state index contributed by atoms with van der Waals surface area (Å²) < 4.78 is 0.689. The second kappa shape index (κ2) is 5.53. The Morgan fingerprint density at radius 1 is 1.33 bits per heavy atom. The Balaban J connectivity index is 2.16. The zero-order valence-electron chi connectivity index (χ0n) is 9.02. The van der Waals surface area contributed by atoms with Gasteiger partial charge in [0.15, 0.2) is 0 Å². The van der Waals surface area contributed by atoms with Gasteiger partial charge < -0.3 is 10.4 Å². The normalized spacial score (nSPS) is 10.1. The fourth-order valence-corrected chi connectivity index (χ4v) is 1.74. The van der Waals surface area contributed by atoms with E-state index in [0.29, 0.717) is 20.0 Å². The number of phenols is 1. The zero-order valence-corrected chi connectivity index (χ0v) is 11.9. The average molecular weight is 375 g/mol. The molecule has 6 heteroatoms. The Hall–Kier alpha value is -1.34. The van der Waals surface area contributed by atoms with Gasteiger partial charge >= 0.3 is 0 Å². The van der Waals surface area contributed by atoms with E-state index in [-0.39, 0.29) is 11.7 Å². The molecular weight excluding hydrogens is 367 g/mol. The number of carbonyl (C=O) groups is 1. The van der Waals surface area contributed by atoms with E-state index in [4.69, 9.17) is 11.6 Å². The van der Waals surface area contributed by atoms with Crippen LogP contribution in [0.4, 0.5) is 5.82 Å². The number of hydrogen-bond donors (Lipinski definition) is 2. The number of phenolic OH excluding ortho intramolecular Hbond substituents is 1. The van der Waals surface area contributed by atoms with Crippen LogP contribution >= 0.6 is 34.2 Å². The third-order valence-electron chi connectivity index (χ3n) is 2.18. The van der Waals surface area contributed by atoms with Gasteiger partial charge in [-0.1, -0.05) is 11.6 Å². The van der Waals surface area contributed by atoms with Crippen LogP contribution in [0.25, 0.3) is 0 Å². The van der Waals surface area contributed by atoms with Crippen molar-refractivity contribution in [1.29, 1.82) is 0 Å². The average Bonchev–Trinajstić information content (AvgIpc) is 2.35. The minimum Gasteiger partial charge on any atom is -0.507 e. The number of carbonyl (C=O) groups excluding carboxylic acids is 1. The highest BCUT2D eigenvalue weighted by Gasteiger charge is 2.09. The number of rotatable bonds is 2. The Labute approximate surface area is 122 Å². The molecule has 2 N–H and O–H groups in total. The molecule has 2 rings (SSSR count). The fraction of sp³-hybridized carbons (Fsp3) is 0. The van der Waals surface area contributed by atoms with Crippen LogP contribution in [0.15, 0.2) is 36.5 Å². The second-order valence-electron chi connectivity index (χ2n) is 3.48. The summed E-state index contributed by atoms with van der Waals surface area (Å²) in [7, 11) is 0. The number of halogens is 2. The Morgan fingerprint density at radius 3 is 2.72 bits per heavy atom. The molecule has 0 aliphatic carbocycles. The predicted octanol–water partition coefficient (Wildman–Crippen LogP) is 3.30. The van der Waals surface area contributed by atoms with Gasteiger partial charge in [-0.3, -0.25) is 4.79 Å². The quantitative estimate of drug-likeness (QED) is 0.793. The number of aromatic nitrogens is 1. The predicted molar refractivity (Wildman–Crippen MR) is 78.0 cm³/mol. The minimum atomic E-state index is -0.337. The van der Waals surface area contributed by atoms with E-state index < -0.39 is 0 Å². The summed E-state index contributed by atoms with van der Waals surface area (Å²) in [5, 5.41) is 12.6. The number of amides is 1.